The van der Waals surface area contributed by atoms with Crippen molar-refractivity contribution in [2.75, 3.05) is 0 Å². The molecule has 1 nitrogen and oxygen atoms in total. The van der Waals surface area contributed by atoms with Gasteiger partial charge in [0.1, 0.15) is 0 Å². The summed E-state index contributed by atoms with van der Waals surface area (Å²) in [6.07, 6.45) is 8.64. The Bertz CT molecular complexity index is 114. The lowest BCUT2D eigenvalue weighted by Gasteiger charge is -2.26. The standard InChI is InChI=1S/C11H23N/c1-9(10(2)12)8-11-6-4-3-5-7-11/h9-11H,3-8,12H2,1-2H3. The minimum absolute atomic E-state index is 0.381. The molecule has 0 aromatic rings. The molecular formula is C11H23N. The molecular weight excluding hydrogens is 146 g/mol. The molecule has 0 heterocycles. The molecule has 1 aliphatic rings. The van der Waals surface area contributed by atoms with Crippen molar-refractivity contribution < 1.29 is 0 Å². The summed E-state index contributed by atoms with van der Waals surface area (Å²) >= 11 is 0. The van der Waals surface area contributed by atoms with Gasteiger partial charge in [-0.15, -0.1) is 0 Å². The summed E-state index contributed by atoms with van der Waals surface area (Å²) < 4.78 is 0. The third kappa shape index (κ3) is 3.14. The van der Waals surface area contributed by atoms with Gasteiger partial charge in [0.15, 0.2) is 0 Å². The van der Waals surface area contributed by atoms with Gasteiger partial charge >= 0.3 is 0 Å². The highest BCUT2D eigenvalue weighted by Crippen LogP contribution is 2.29. The fraction of sp³-hybridized carbons (Fsp3) is 1.00. The Hall–Kier alpha value is -0.0400. The van der Waals surface area contributed by atoms with E-state index in [2.05, 4.69) is 13.8 Å². The van der Waals surface area contributed by atoms with E-state index in [9.17, 15) is 0 Å². The van der Waals surface area contributed by atoms with Crippen molar-refractivity contribution >= 4 is 0 Å². The Labute approximate surface area is 76.7 Å². The van der Waals surface area contributed by atoms with Gasteiger partial charge < -0.3 is 5.73 Å². The lowest BCUT2D eigenvalue weighted by molar-refractivity contribution is 0.280. The van der Waals surface area contributed by atoms with E-state index in [0.717, 1.165) is 5.92 Å². The molecule has 72 valence electrons. The minimum atomic E-state index is 0.381. The van der Waals surface area contributed by atoms with Crippen molar-refractivity contribution in [3.05, 3.63) is 0 Å². The molecule has 2 unspecified atom stereocenters. The number of nitrogens with two attached hydrogens (primary N) is 1. The van der Waals surface area contributed by atoms with Crippen LogP contribution in [0.25, 0.3) is 0 Å². The molecule has 0 radical (unpaired) electrons. The van der Waals surface area contributed by atoms with Crippen molar-refractivity contribution in [2.45, 2.75) is 58.4 Å². The molecule has 0 aromatic heterocycles. The van der Waals surface area contributed by atoms with E-state index < -0.39 is 0 Å². The third-order valence-corrected chi connectivity index (χ3v) is 3.33. The first kappa shape index (κ1) is 10.0. The lowest BCUT2D eigenvalue weighted by atomic mass is 9.82. The van der Waals surface area contributed by atoms with Crippen LogP contribution in [0.2, 0.25) is 0 Å². The summed E-state index contributed by atoms with van der Waals surface area (Å²) in [5, 5.41) is 0. The monoisotopic (exact) mass is 169 g/mol. The first-order valence-electron chi connectivity index (χ1n) is 5.45. The van der Waals surface area contributed by atoms with Crippen molar-refractivity contribution in [1.29, 1.82) is 0 Å². The molecule has 1 rings (SSSR count). The predicted octanol–water partition coefficient (Wildman–Crippen LogP) is 2.94. The molecule has 0 saturated heterocycles. The molecule has 0 amide bonds. The van der Waals surface area contributed by atoms with Crippen LogP contribution in [-0.2, 0) is 0 Å². The first-order chi connectivity index (χ1) is 5.70. The maximum Gasteiger partial charge on any atom is 0.00362 e. The zero-order valence-electron chi connectivity index (χ0n) is 8.55. The molecule has 1 saturated carbocycles. The molecule has 2 atom stereocenters. The van der Waals surface area contributed by atoms with Gasteiger partial charge in [0.05, 0.1) is 0 Å². The topological polar surface area (TPSA) is 26.0 Å². The van der Waals surface area contributed by atoms with Crippen LogP contribution in [0, 0.1) is 11.8 Å². The molecule has 1 fully saturated rings. The SMILES string of the molecule is CC(N)C(C)CC1CCCCC1. The highest BCUT2D eigenvalue weighted by atomic mass is 14.6. The van der Waals surface area contributed by atoms with Crippen molar-refractivity contribution in [3.63, 3.8) is 0 Å². The van der Waals surface area contributed by atoms with Crippen LogP contribution < -0.4 is 5.73 Å². The van der Waals surface area contributed by atoms with Crippen LogP contribution in [0.3, 0.4) is 0 Å². The maximum atomic E-state index is 5.85. The average molecular weight is 169 g/mol. The quantitative estimate of drug-likeness (QED) is 0.690. The Balaban J connectivity index is 2.20. The van der Waals surface area contributed by atoms with E-state index in [1.807, 2.05) is 0 Å². The zero-order chi connectivity index (χ0) is 8.97. The highest BCUT2D eigenvalue weighted by molar-refractivity contribution is 4.72. The Morgan fingerprint density at radius 1 is 1.17 bits per heavy atom. The largest absolute Gasteiger partial charge is 0.328 e. The summed E-state index contributed by atoms with van der Waals surface area (Å²) in [5.41, 5.74) is 5.85. The van der Waals surface area contributed by atoms with Crippen LogP contribution in [0.4, 0.5) is 0 Å². The van der Waals surface area contributed by atoms with Crippen LogP contribution in [0.15, 0.2) is 0 Å². The summed E-state index contributed by atoms with van der Waals surface area (Å²) in [6, 6.07) is 0.381. The van der Waals surface area contributed by atoms with Gasteiger partial charge in [0.2, 0.25) is 0 Å². The normalized spacial score (nSPS) is 25.2. The fourth-order valence-electron chi connectivity index (χ4n) is 2.16. The molecule has 1 aliphatic carbocycles. The van der Waals surface area contributed by atoms with Gasteiger partial charge in [-0.3, -0.25) is 0 Å². The molecule has 12 heavy (non-hydrogen) atoms. The second-order valence-electron chi connectivity index (χ2n) is 4.58. The van der Waals surface area contributed by atoms with Gasteiger partial charge in [-0.1, -0.05) is 39.0 Å². The average Bonchev–Trinajstić information content (AvgIpc) is 2.06. The predicted molar refractivity (Wildman–Crippen MR) is 54.0 cm³/mol. The van der Waals surface area contributed by atoms with Gasteiger partial charge in [-0.2, -0.15) is 0 Å². The summed E-state index contributed by atoms with van der Waals surface area (Å²) in [7, 11) is 0. The van der Waals surface area contributed by atoms with Gasteiger partial charge in [0, 0.05) is 6.04 Å². The zero-order valence-corrected chi connectivity index (χ0v) is 8.55. The Morgan fingerprint density at radius 2 is 1.75 bits per heavy atom. The van der Waals surface area contributed by atoms with E-state index in [1.54, 1.807) is 0 Å². The van der Waals surface area contributed by atoms with Gasteiger partial charge in [0.25, 0.3) is 0 Å². The van der Waals surface area contributed by atoms with E-state index in [4.69, 9.17) is 5.73 Å². The summed E-state index contributed by atoms with van der Waals surface area (Å²) in [5.74, 6) is 1.70. The van der Waals surface area contributed by atoms with Crippen LogP contribution in [0.5, 0.6) is 0 Å². The molecule has 1 heteroatoms. The van der Waals surface area contributed by atoms with Crippen LogP contribution >= 0.6 is 0 Å². The highest BCUT2D eigenvalue weighted by Gasteiger charge is 2.17. The number of hydrogen-bond acceptors (Lipinski definition) is 1. The molecule has 2 N–H and O–H groups in total. The lowest BCUT2D eigenvalue weighted by Crippen LogP contribution is -2.26. The van der Waals surface area contributed by atoms with Crippen molar-refractivity contribution in [3.8, 4) is 0 Å². The first-order valence-corrected chi connectivity index (χ1v) is 5.45. The number of hydrogen-bond donors (Lipinski definition) is 1. The van der Waals surface area contributed by atoms with Crippen LogP contribution in [-0.4, -0.2) is 6.04 Å². The van der Waals surface area contributed by atoms with Gasteiger partial charge in [-0.25, -0.2) is 0 Å². The second-order valence-corrected chi connectivity index (χ2v) is 4.58. The summed E-state index contributed by atoms with van der Waals surface area (Å²) in [4.78, 5) is 0. The third-order valence-electron chi connectivity index (χ3n) is 3.33. The molecule has 0 bridgehead atoms. The van der Waals surface area contributed by atoms with E-state index in [1.165, 1.54) is 38.5 Å². The number of rotatable bonds is 3. The van der Waals surface area contributed by atoms with Gasteiger partial charge in [-0.05, 0) is 25.2 Å². The van der Waals surface area contributed by atoms with Crippen LogP contribution in [0.1, 0.15) is 52.4 Å². The van der Waals surface area contributed by atoms with E-state index in [0.29, 0.717) is 12.0 Å². The fourth-order valence-corrected chi connectivity index (χ4v) is 2.16. The smallest absolute Gasteiger partial charge is 0.00362 e. The van der Waals surface area contributed by atoms with E-state index in [-0.39, 0.29) is 0 Å². The Morgan fingerprint density at radius 3 is 2.25 bits per heavy atom. The molecule has 0 aliphatic heterocycles. The van der Waals surface area contributed by atoms with E-state index >= 15 is 0 Å². The van der Waals surface area contributed by atoms with Crippen molar-refractivity contribution in [1.82, 2.24) is 0 Å². The molecule has 0 aromatic carbocycles. The Kier molecular flexibility index (Phi) is 4.07. The second kappa shape index (κ2) is 4.86. The van der Waals surface area contributed by atoms with Crippen molar-refractivity contribution in [2.24, 2.45) is 17.6 Å². The summed E-state index contributed by atoms with van der Waals surface area (Å²) in [6.45, 7) is 4.42. The molecule has 0 spiro atoms. The minimum Gasteiger partial charge on any atom is -0.328 e. The maximum absolute atomic E-state index is 5.85.